The third-order valence-electron chi connectivity index (χ3n) is 2.66. The van der Waals surface area contributed by atoms with Gasteiger partial charge >= 0.3 is 0 Å². The van der Waals surface area contributed by atoms with Gasteiger partial charge in [0.05, 0.1) is 11.1 Å². The summed E-state index contributed by atoms with van der Waals surface area (Å²) in [6.07, 6.45) is 2.31. The van der Waals surface area contributed by atoms with Crippen molar-refractivity contribution >= 4 is 11.3 Å². The molecule has 0 fully saturated rings. The zero-order valence-electron chi connectivity index (χ0n) is 10.6. The number of rotatable bonds is 7. The minimum Gasteiger partial charge on any atom is -0.380 e. The summed E-state index contributed by atoms with van der Waals surface area (Å²) in [5, 5.41) is 6.81. The molecule has 16 heavy (non-hydrogen) atoms. The summed E-state index contributed by atoms with van der Waals surface area (Å²) in [7, 11) is 1.76. The molecular weight excluding hydrogens is 220 g/mol. The summed E-state index contributed by atoms with van der Waals surface area (Å²) in [6, 6.07) is 0.357. The van der Waals surface area contributed by atoms with Gasteiger partial charge in [0.25, 0.3) is 0 Å². The van der Waals surface area contributed by atoms with E-state index in [1.54, 1.807) is 18.4 Å². The van der Waals surface area contributed by atoms with Gasteiger partial charge in [-0.2, -0.15) is 0 Å². The van der Waals surface area contributed by atoms with Gasteiger partial charge in [-0.05, 0) is 26.8 Å². The van der Waals surface area contributed by atoms with Crippen LogP contribution in [0.3, 0.4) is 0 Å². The summed E-state index contributed by atoms with van der Waals surface area (Å²) in [4.78, 5) is 4.50. The van der Waals surface area contributed by atoms with Crippen molar-refractivity contribution in [1.82, 2.24) is 10.3 Å². The molecule has 0 amide bonds. The number of aryl methyl sites for hydroxylation is 1. The first-order chi connectivity index (χ1) is 7.67. The van der Waals surface area contributed by atoms with Crippen LogP contribution in [0.25, 0.3) is 0 Å². The van der Waals surface area contributed by atoms with Crippen LogP contribution in [0.5, 0.6) is 0 Å². The minimum atomic E-state index is 0.218. The summed E-state index contributed by atoms with van der Waals surface area (Å²) < 4.78 is 5.40. The molecule has 0 saturated carbocycles. The Morgan fingerprint density at radius 2 is 2.31 bits per heavy atom. The molecule has 3 nitrogen and oxygen atoms in total. The van der Waals surface area contributed by atoms with Crippen LogP contribution >= 0.6 is 11.3 Å². The van der Waals surface area contributed by atoms with Crippen LogP contribution in [0.15, 0.2) is 5.38 Å². The number of hydrogen-bond donors (Lipinski definition) is 1. The molecule has 2 unspecified atom stereocenters. The van der Waals surface area contributed by atoms with Gasteiger partial charge in [0.15, 0.2) is 0 Å². The molecule has 92 valence electrons. The molecule has 0 saturated heterocycles. The van der Waals surface area contributed by atoms with Gasteiger partial charge in [-0.25, -0.2) is 4.98 Å². The maximum absolute atomic E-state index is 5.40. The highest BCUT2D eigenvalue weighted by Crippen LogP contribution is 2.13. The fourth-order valence-corrected chi connectivity index (χ4v) is 2.41. The third kappa shape index (κ3) is 4.20. The van der Waals surface area contributed by atoms with E-state index in [2.05, 4.69) is 29.5 Å². The van der Waals surface area contributed by atoms with Crippen LogP contribution in [-0.2, 0) is 11.2 Å². The predicted molar refractivity (Wildman–Crippen MR) is 69.1 cm³/mol. The largest absolute Gasteiger partial charge is 0.380 e. The van der Waals surface area contributed by atoms with Crippen LogP contribution in [0.1, 0.15) is 31.0 Å². The first-order valence-electron chi connectivity index (χ1n) is 5.84. The topological polar surface area (TPSA) is 34.2 Å². The first kappa shape index (κ1) is 13.6. The molecule has 2 atom stereocenters. The van der Waals surface area contributed by atoms with E-state index in [0.29, 0.717) is 6.04 Å². The van der Waals surface area contributed by atoms with Gasteiger partial charge in [0.1, 0.15) is 0 Å². The third-order valence-corrected chi connectivity index (χ3v) is 3.65. The Bertz CT molecular complexity index is 301. The van der Waals surface area contributed by atoms with E-state index in [4.69, 9.17) is 4.74 Å². The Labute approximate surface area is 102 Å². The van der Waals surface area contributed by atoms with Crippen LogP contribution in [-0.4, -0.2) is 30.8 Å². The van der Waals surface area contributed by atoms with E-state index in [-0.39, 0.29) is 6.10 Å². The van der Waals surface area contributed by atoms with Crippen molar-refractivity contribution in [3.8, 4) is 0 Å². The monoisotopic (exact) mass is 242 g/mol. The smallest absolute Gasteiger partial charge is 0.0944 e. The fraction of sp³-hybridized carbons (Fsp3) is 0.750. The molecule has 0 aliphatic heterocycles. The molecule has 0 aliphatic carbocycles. The average molecular weight is 242 g/mol. The summed E-state index contributed by atoms with van der Waals surface area (Å²) in [5.41, 5.74) is 1.11. The van der Waals surface area contributed by atoms with E-state index >= 15 is 0 Å². The lowest BCUT2D eigenvalue weighted by atomic mass is 10.1. The van der Waals surface area contributed by atoms with Crippen molar-refractivity contribution in [2.24, 2.45) is 0 Å². The number of methoxy groups -OCH3 is 1. The second kappa shape index (κ2) is 6.99. The minimum absolute atomic E-state index is 0.218. The molecule has 0 radical (unpaired) electrons. The molecule has 4 heteroatoms. The Morgan fingerprint density at radius 3 is 2.81 bits per heavy atom. The molecule has 1 aromatic heterocycles. The maximum atomic E-state index is 5.40. The Hall–Kier alpha value is -0.450. The molecule has 1 N–H and O–H groups in total. The second-order valence-corrected chi connectivity index (χ2v) is 5.03. The lowest BCUT2D eigenvalue weighted by Gasteiger charge is -2.23. The van der Waals surface area contributed by atoms with E-state index in [0.717, 1.165) is 25.1 Å². The van der Waals surface area contributed by atoms with Crippen molar-refractivity contribution in [2.75, 3.05) is 13.7 Å². The van der Waals surface area contributed by atoms with Crippen LogP contribution in [0.4, 0.5) is 0 Å². The van der Waals surface area contributed by atoms with Crippen molar-refractivity contribution in [3.05, 3.63) is 16.1 Å². The lowest BCUT2D eigenvalue weighted by molar-refractivity contribution is 0.0830. The van der Waals surface area contributed by atoms with E-state index in [1.807, 2.05) is 6.92 Å². The Kier molecular flexibility index (Phi) is 5.95. The standard InChI is InChI=1S/C12H22N2OS/c1-5-6-13-11(10(3)15-4)7-12-14-9(2)8-16-12/h8,10-11,13H,5-7H2,1-4H3. The highest BCUT2D eigenvalue weighted by molar-refractivity contribution is 7.09. The molecule has 1 rings (SSSR count). The molecule has 1 heterocycles. The lowest BCUT2D eigenvalue weighted by Crippen LogP contribution is -2.41. The maximum Gasteiger partial charge on any atom is 0.0944 e. The molecular formula is C12H22N2OS. The number of hydrogen-bond acceptors (Lipinski definition) is 4. The summed E-state index contributed by atoms with van der Waals surface area (Å²) in [6.45, 7) is 7.35. The van der Waals surface area contributed by atoms with Crippen molar-refractivity contribution in [1.29, 1.82) is 0 Å². The number of nitrogens with zero attached hydrogens (tertiary/aromatic N) is 1. The van der Waals surface area contributed by atoms with Crippen LogP contribution in [0.2, 0.25) is 0 Å². The van der Waals surface area contributed by atoms with E-state index in [9.17, 15) is 0 Å². The zero-order valence-corrected chi connectivity index (χ0v) is 11.4. The average Bonchev–Trinajstić information content (AvgIpc) is 2.69. The van der Waals surface area contributed by atoms with Crippen LogP contribution < -0.4 is 5.32 Å². The van der Waals surface area contributed by atoms with Crippen molar-refractivity contribution in [3.63, 3.8) is 0 Å². The van der Waals surface area contributed by atoms with Gasteiger partial charge in [-0.3, -0.25) is 0 Å². The molecule has 1 aromatic rings. The highest BCUT2D eigenvalue weighted by Gasteiger charge is 2.17. The zero-order chi connectivity index (χ0) is 12.0. The van der Waals surface area contributed by atoms with Crippen molar-refractivity contribution < 1.29 is 4.74 Å². The van der Waals surface area contributed by atoms with Gasteiger partial charge in [-0.1, -0.05) is 6.92 Å². The molecule has 0 aromatic carbocycles. The Morgan fingerprint density at radius 1 is 1.56 bits per heavy atom. The number of thiazole rings is 1. The highest BCUT2D eigenvalue weighted by atomic mass is 32.1. The van der Waals surface area contributed by atoms with Gasteiger partial charge in [0.2, 0.25) is 0 Å². The second-order valence-electron chi connectivity index (χ2n) is 4.09. The quantitative estimate of drug-likeness (QED) is 0.797. The molecule has 0 aliphatic rings. The number of aromatic nitrogens is 1. The number of ether oxygens (including phenoxy) is 1. The summed E-state index contributed by atoms with van der Waals surface area (Å²) >= 11 is 1.73. The van der Waals surface area contributed by atoms with Crippen molar-refractivity contribution in [2.45, 2.75) is 45.8 Å². The van der Waals surface area contributed by atoms with Gasteiger partial charge in [-0.15, -0.1) is 11.3 Å². The number of nitrogens with one attached hydrogen (secondary N) is 1. The van der Waals surface area contributed by atoms with Gasteiger partial charge < -0.3 is 10.1 Å². The summed E-state index contributed by atoms with van der Waals surface area (Å²) in [5.74, 6) is 0. The fourth-order valence-electron chi connectivity index (χ4n) is 1.58. The van der Waals surface area contributed by atoms with E-state index < -0.39 is 0 Å². The first-order valence-corrected chi connectivity index (χ1v) is 6.72. The molecule has 0 bridgehead atoms. The van der Waals surface area contributed by atoms with Crippen LogP contribution in [0, 0.1) is 6.92 Å². The predicted octanol–water partition coefficient (Wildman–Crippen LogP) is 2.40. The van der Waals surface area contributed by atoms with Gasteiger partial charge in [0, 0.05) is 30.6 Å². The van der Waals surface area contributed by atoms with E-state index in [1.165, 1.54) is 5.01 Å². The molecule has 0 spiro atoms. The SMILES string of the molecule is CCCNC(Cc1nc(C)cs1)C(C)OC. The normalized spacial score (nSPS) is 15.0. The Balaban J connectivity index is 2.55.